The Kier molecular flexibility index (Phi) is 3.52. The Morgan fingerprint density at radius 1 is 1.10 bits per heavy atom. The predicted octanol–water partition coefficient (Wildman–Crippen LogP) is 3.31. The Morgan fingerprint density at radius 2 is 1.85 bits per heavy atom. The minimum absolute atomic E-state index is 0.263. The Hall–Kier alpha value is -2.13. The number of hydrogen-bond acceptors (Lipinski definition) is 2. The number of rotatable bonds is 4. The topological polar surface area (TPSA) is 29.9 Å². The number of fused-ring (bicyclic) bond motifs is 1. The van der Waals surface area contributed by atoms with Crippen LogP contribution in [0, 0.1) is 6.92 Å². The molecule has 0 saturated carbocycles. The van der Waals surface area contributed by atoms with Crippen molar-refractivity contribution in [2.45, 2.75) is 19.5 Å². The highest BCUT2D eigenvalue weighted by Crippen LogP contribution is 2.21. The average Bonchev–Trinajstić information content (AvgIpc) is 2.89. The fraction of sp³-hybridized carbons (Fsp3) is 0.235. The number of nitrogens with one attached hydrogen (secondary N) is 1. The van der Waals surface area contributed by atoms with Crippen LogP contribution < -0.4 is 5.32 Å². The molecule has 0 saturated heterocycles. The third-order valence-electron chi connectivity index (χ3n) is 3.82. The van der Waals surface area contributed by atoms with Crippen molar-refractivity contribution in [1.82, 2.24) is 15.1 Å². The summed E-state index contributed by atoms with van der Waals surface area (Å²) in [6.07, 6.45) is 1.93. The standard InChI is InChI=1S/C17H19N3/c1-13-7-3-5-9-15(13)16(18-2)12-20-17-10-6-4-8-14(17)11-19-20/h3-11,16,18H,12H2,1-2H3. The van der Waals surface area contributed by atoms with E-state index in [9.17, 15) is 0 Å². The van der Waals surface area contributed by atoms with E-state index >= 15 is 0 Å². The molecule has 3 heteroatoms. The summed E-state index contributed by atoms with van der Waals surface area (Å²) < 4.78 is 2.07. The molecule has 102 valence electrons. The van der Waals surface area contributed by atoms with Crippen LogP contribution in [0.5, 0.6) is 0 Å². The van der Waals surface area contributed by atoms with E-state index in [4.69, 9.17) is 0 Å². The van der Waals surface area contributed by atoms with Gasteiger partial charge in [-0.2, -0.15) is 5.10 Å². The Labute approximate surface area is 119 Å². The minimum Gasteiger partial charge on any atom is -0.311 e. The van der Waals surface area contributed by atoms with E-state index < -0.39 is 0 Å². The summed E-state index contributed by atoms with van der Waals surface area (Å²) in [5, 5.41) is 9.10. The molecule has 0 amide bonds. The molecule has 2 aromatic carbocycles. The maximum absolute atomic E-state index is 4.51. The summed E-state index contributed by atoms with van der Waals surface area (Å²) in [7, 11) is 2.00. The van der Waals surface area contributed by atoms with Crippen molar-refractivity contribution in [1.29, 1.82) is 0 Å². The summed E-state index contributed by atoms with van der Waals surface area (Å²) in [5.41, 5.74) is 3.82. The van der Waals surface area contributed by atoms with E-state index in [1.54, 1.807) is 0 Å². The Morgan fingerprint density at radius 3 is 2.65 bits per heavy atom. The van der Waals surface area contributed by atoms with Gasteiger partial charge in [0.25, 0.3) is 0 Å². The first-order valence-electron chi connectivity index (χ1n) is 6.93. The normalized spacial score (nSPS) is 12.7. The maximum atomic E-state index is 4.51. The molecule has 0 aliphatic carbocycles. The van der Waals surface area contributed by atoms with Crippen LogP contribution in [0.4, 0.5) is 0 Å². The van der Waals surface area contributed by atoms with E-state index in [0.717, 1.165) is 6.54 Å². The lowest BCUT2D eigenvalue weighted by Gasteiger charge is -2.19. The molecule has 1 heterocycles. The van der Waals surface area contributed by atoms with Gasteiger partial charge in [-0.3, -0.25) is 4.68 Å². The summed E-state index contributed by atoms with van der Waals surface area (Å²) in [5.74, 6) is 0. The lowest BCUT2D eigenvalue weighted by Crippen LogP contribution is -2.23. The Balaban J connectivity index is 1.94. The highest BCUT2D eigenvalue weighted by Gasteiger charge is 2.13. The number of likely N-dealkylation sites (N-methyl/N-ethyl adjacent to an activating group) is 1. The third-order valence-corrected chi connectivity index (χ3v) is 3.82. The first kappa shape index (κ1) is 12.9. The predicted molar refractivity (Wildman–Crippen MR) is 82.7 cm³/mol. The average molecular weight is 265 g/mol. The van der Waals surface area contributed by atoms with Crippen molar-refractivity contribution >= 4 is 10.9 Å². The van der Waals surface area contributed by atoms with Crippen LogP contribution in [-0.4, -0.2) is 16.8 Å². The van der Waals surface area contributed by atoms with Crippen molar-refractivity contribution in [3.8, 4) is 0 Å². The van der Waals surface area contributed by atoms with E-state index in [2.05, 4.69) is 64.5 Å². The highest BCUT2D eigenvalue weighted by molar-refractivity contribution is 5.78. The van der Waals surface area contributed by atoms with Crippen molar-refractivity contribution in [3.05, 3.63) is 65.9 Å². The molecular formula is C17H19N3. The Bertz CT molecular complexity index is 715. The second-order valence-corrected chi connectivity index (χ2v) is 5.08. The SMILES string of the molecule is CNC(Cn1ncc2ccccc21)c1ccccc1C. The van der Waals surface area contributed by atoms with Gasteiger partial charge in [0.05, 0.1) is 24.3 Å². The smallest absolute Gasteiger partial charge is 0.0683 e. The molecular weight excluding hydrogens is 246 g/mol. The van der Waals surface area contributed by atoms with Gasteiger partial charge in [-0.1, -0.05) is 42.5 Å². The van der Waals surface area contributed by atoms with Crippen LogP contribution in [0.15, 0.2) is 54.7 Å². The third kappa shape index (κ3) is 2.32. The van der Waals surface area contributed by atoms with Gasteiger partial charge in [-0.15, -0.1) is 0 Å². The maximum Gasteiger partial charge on any atom is 0.0683 e. The molecule has 20 heavy (non-hydrogen) atoms. The fourth-order valence-corrected chi connectivity index (χ4v) is 2.67. The molecule has 3 aromatic rings. The van der Waals surface area contributed by atoms with Gasteiger partial charge >= 0.3 is 0 Å². The number of hydrogen-bond donors (Lipinski definition) is 1. The van der Waals surface area contributed by atoms with Crippen LogP contribution in [0.2, 0.25) is 0 Å². The largest absolute Gasteiger partial charge is 0.311 e. The van der Waals surface area contributed by atoms with Crippen LogP contribution >= 0.6 is 0 Å². The molecule has 0 aliphatic rings. The van der Waals surface area contributed by atoms with Gasteiger partial charge in [0, 0.05) is 5.39 Å². The summed E-state index contributed by atoms with van der Waals surface area (Å²) in [4.78, 5) is 0. The molecule has 0 fully saturated rings. The molecule has 1 aromatic heterocycles. The lowest BCUT2D eigenvalue weighted by molar-refractivity contribution is 0.476. The van der Waals surface area contributed by atoms with Crippen LogP contribution in [0.1, 0.15) is 17.2 Å². The van der Waals surface area contributed by atoms with Crippen LogP contribution in [0.25, 0.3) is 10.9 Å². The lowest BCUT2D eigenvalue weighted by atomic mass is 10.0. The highest BCUT2D eigenvalue weighted by atomic mass is 15.3. The van der Waals surface area contributed by atoms with Crippen molar-refractivity contribution in [2.75, 3.05) is 7.05 Å². The van der Waals surface area contributed by atoms with Gasteiger partial charge in [0.2, 0.25) is 0 Å². The molecule has 0 bridgehead atoms. The molecule has 0 aliphatic heterocycles. The van der Waals surface area contributed by atoms with E-state index in [-0.39, 0.29) is 6.04 Å². The zero-order valence-electron chi connectivity index (χ0n) is 11.9. The van der Waals surface area contributed by atoms with Gasteiger partial charge in [-0.05, 0) is 31.2 Å². The van der Waals surface area contributed by atoms with Gasteiger partial charge < -0.3 is 5.32 Å². The molecule has 3 rings (SSSR count). The van der Waals surface area contributed by atoms with Crippen LogP contribution in [0.3, 0.4) is 0 Å². The molecule has 1 atom stereocenters. The first-order valence-corrected chi connectivity index (χ1v) is 6.93. The van der Waals surface area contributed by atoms with Crippen molar-refractivity contribution in [2.24, 2.45) is 0 Å². The van der Waals surface area contributed by atoms with Crippen molar-refractivity contribution < 1.29 is 0 Å². The summed E-state index contributed by atoms with van der Waals surface area (Å²) in [6, 6.07) is 17.1. The van der Waals surface area contributed by atoms with E-state index in [1.807, 2.05) is 19.3 Å². The molecule has 1 unspecified atom stereocenters. The van der Waals surface area contributed by atoms with E-state index in [0.29, 0.717) is 0 Å². The second-order valence-electron chi connectivity index (χ2n) is 5.08. The molecule has 0 radical (unpaired) electrons. The monoisotopic (exact) mass is 265 g/mol. The first-order chi connectivity index (χ1) is 9.79. The van der Waals surface area contributed by atoms with Crippen LogP contribution in [-0.2, 0) is 6.54 Å². The van der Waals surface area contributed by atoms with Gasteiger partial charge in [0.15, 0.2) is 0 Å². The number of benzene rings is 2. The van der Waals surface area contributed by atoms with Gasteiger partial charge in [0.1, 0.15) is 0 Å². The number of aryl methyl sites for hydroxylation is 1. The van der Waals surface area contributed by atoms with Crippen molar-refractivity contribution in [3.63, 3.8) is 0 Å². The number of aromatic nitrogens is 2. The van der Waals surface area contributed by atoms with Gasteiger partial charge in [-0.25, -0.2) is 0 Å². The summed E-state index contributed by atoms with van der Waals surface area (Å²) >= 11 is 0. The molecule has 0 spiro atoms. The number of nitrogens with zero attached hydrogens (tertiary/aromatic N) is 2. The minimum atomic E-state index is 0.263. The van der Waals surface area contributed by atoms with E-state index in [1.165, 1.54) is 22.0 Å². The zero-order chi connectivity index (χ0) is 13.9. The fourth-order valence-electron chi connectivity index (χ4n) is 2.67. The number of para-hydroxylation sites is 1. The summed E-state index contributed by atoms with van der Waals surface area (Å²) in [6.45, 7) is 2.98. The zero-order valence-corrected chi connectivity index (χ0v) is 11.9. The molecule has 1 N–H and O–H groups in total. The quantitative estimate of drug-likeness (QED) is 0.784. The molecule has 3 nitrogen and oxygen atoms in total. The second kappa shape index (κ2) is 5.47.